The van der Waals surface area contributed by atoms with Crippen LogP contribution in [0.25, 0.3) is 0 Å². The predicted molar refractivity (Wildman–Crippen MR) is 128 cm³/mol. The summed E-state index contributed by atoms with van der Waals surface area (Å²) in [5.41, 5.74) is 2.00. The fraction of sp³-hybridized carbons (Fsp3) is 0.375. The summed E-state index contributed by atoms with van der Waals surface area (Å²) in [4.78, 5) is 24.4. The number of thiol groups is 1. The van der Waals surface area contributed by atoms with Crippen LogP contribution in [-0.2, 0) is 14.5 Å². The molecule has 0 saturated heterocycles. The highest BCUT2D eigenvalue weighted by Gasteiger charge is 2.38. The van der Waals surface area contributed by atoms with Gasteiger partial charge in [-0.3, -0.25) is 9.59 Å². The molecule has 0 spiro atoms. The van der Waals surface area contributed by atoms with Crippen molar-refractivity contribution in [1.82, 2.24) is 0 Å². The molecule has 33 heavy (non-hydrogen) atoms. The van der Waals surface area contributed by atoms with Gasteiger partial charge in [0.1, 0.15) is 24.2 Å². The Balaban J connectivity index is 1.68. The van der Waals surface area contributed by atoms with Gasteiger partial charge >= 0.3 is 0 Å². The second-order valence-corrected chi connectivity index (χ2v) is 8.28. The van der Waals surface area contributed by atoms with Crippen molar-refractivity contribution in [2.45, 2.75) is 39.0 Å². The van der Waals surface area contributed by atoms with Crippen molar-refractivity contribution in [1.29, 1.82) is 0 Å². The molecule has 1 aliphatic heterocycles. The van der Waals surface area contributed by atoms with Crippen LogP contribution in [0, 0.1) is 0 Å². The average molecular weight is 474 g/mol. The predicted octanol–water partition coefficient (Wildman–Crippen LogP) is 4.49. The zero-order valence-electron chi connectivity index (χ0n) is 19.4. The number of nitrogens with zero attached hydrogens (tertiary/aromatic N) is 1. The third-order valence-corrected chi connectivity index (χ3v) is 5.77. The molecule has 0 radical (unpaired) electrons. The van der Waals surface area contributed by atoms with E-state index in [2.05, 4.69) is 18.2 Å². The van der Waals surface area contributed by atoms with Crippen LogP contribution in [0.1, 0.15) is 49.5 Å². The number of fused-ring (bicyclic) bond motifs is 1. The van der Waals surface area contributed by atoms with E-state index < -0.39 is 5.41 Å². The van der Waals surface area contributed by atoms with Crippen LogP contribution in [0.5, 0.6) is 17.2 Å². The summed E-state index contributed by atoms with van der Waals surface area (Å²) in [5, 5.41) is 2.89. The van der Waals surface area contributed by atoms with Crippen LogP contribution in [0.4, 0.5) is 11.4 Å². The number of hydrogen-bond donors (Lipinski definition) is 2. The molecule has 2 aromatic rings. The van der Waals surface area contributed by atoms with Gasteiger partial charge in [-0.05, 0) is 57.0 Å². The van der Waals surface area contributed by atoms with Crippen LogP contribution < -0.4 is 19.5 Å². The maximum Gasteiger partial charge on any atom is 0.273 e. The van der Waals surface area contributed by atoms with Crippen LogP contribution in [0.15, 0.2) is 30.3 Å². The van der Waals surface area contributed by atoms with Crippen molar-refractivity contribution in [3.63, 3.8) is 0 Å². The molecule has 1 heterocycles. The lowest BCUT2D eigenvalue weighted by atomic mass is 9.86. The SMILES string of the molecule is COc1ccc([N+](=CCCCOc2ccc3c(c2)C(C)(C)C(=O)N3)OS)c(C(C)=O)c1OC. The number of hydrogen-bond acceptors (Lipinski definition) is 7. The minimum Gasteiger partial charge on any atom is -0.494 e. The molecule has 1 N–H and O–H groups in total. The van der Waals surface area contributed by atoms with Crippen molar-refractivity contribution in [3.8, 4) is 17.2 Å². The van der Waals surface area contributed by atoms with Crippen LogP contribution in [-0.4, -0.2) is 43.5 Å². The highest BCUT2D eigenvalue weighted by molar-refractivity contribution is 7.74. The Bertz CT molecular complexity index is 1100. The molecule has 0 unspecified atom stereocenters. The van der Waals surface area contributed by atoms with Gasteiger partial charge in [-0.1, -0.05) is 0 Å². The summed E-state index contributed by atoms with van der Waals surface area (Å²) < 4.78 is 23.2. The molecule has 0 aliphatic carbocycles. The number of unbranched alkanes of at least 4 members (excludes halogenated alkanes) is 1. The van der Waals surface area contributed by atoms with E-state index in [-0.39, 0.29) is 11.7 Å². The number of carbonyl (C=O) groups is 2. The van der Waals surface area contributed by atoms with Gasteiger partial charge < -0.3 is 19.5 Å². The number of nitrogens with one attached hydrogen (secondary N) is 1. The van der Waals surface area contributed by atoms with E-state index in [0.717, 1.165) is 11.3 Å². The smallest absolute Gasteiger partial charge is 0.273 e. The first-order chi connectivity index (χ1) is 15.7. The summed E-state index contributed by atoms with van der Waals surface area (Å²) in [7, 11) is 2.99. The summed E-state index contributed by atoms with van der Waals surface area (Å²) in [6.07, 6.45) is 3.06. The number of methoxy groups -OCH3 is 2. The Kier molecular flexibility index (Phi) is 7.53. The van der Waals surface area contributed by atoms with E-state index in [1.54, 1.807) is 18.3 Å². The average Bonchev–Trinajstić information content (AvgIpc) is 3.03. The molecule has 0 atom stereocenters. The van der Waals surface area contributed by atoms with Crippen LogP contribution >= 0.6 is 12.9 Å². The van der Waals surface area contributed by atoms with E-state index in [9.17, 15) is 9.59 Å². The monoisotopic (exact) mass is 473 g/mol. The lowest BCUT2D eigenvalue weighted by Crippen LogP contribution is -2.26. The second-order valence-electron chi connectivity index (χ2n) is 8.12. The number of anilines is 1. The first-order valence-corrected chi connectivity index (χ1v) is 10.9. The Morgan fingerprint density at radius 3 is 2.58 bits per heavy atom. The lowest BCUT2D eigenvalue weighted by molar-refractivity contribution is -0.672. The normalized spacial score (nSPS) is 14.4. The van der Waals surface area contributed by atoms with E-state index in [1.165, 1.54) is 25.9 Å². The molecule has 1 amide bonds. The van der Waals surface area contributed by atoms with Crippen molar-refractivity contribution >= 4 is 42.2 Å². The maximum absolute atomic E-state index is 12.3. The zero-order valence-corrected chi connectivity index (χ0v) is 20.3. The molecule has 3 rings (SSSR count). The first kappa shape index (κ1) is 24.4. The standard InChI is InChI=1S/C24H28N2O6S/c1-15(27)21-19(10-11-20(29-4)22(21)30-5)26(32-33)12-6-7-13-31-16-8-9-18-17(14-16)24(2,3)23(28)25-18/h8-12,14H,6-7,13H2,1-5H3,(H-,25,28,33)/p+1. The molecule has 2 aromatic carbocycles. The summed E-state index contributed by atoms with van der Waals surface area (Å²) in [6, 6.07) is 9.02. The molecule has 176 valence electrons. The number of ether oxygens (including phenoxy) is 3. The quantitative estimate of drug-likeness (QED) is 0.101. The fourth-order valence-corrected chi connectivity index (χ4v) is 3.89. The van der Waals surface area contributed by atoms with E-state index >= 15 is 0 Å². The number of Topliss-reactive ketones (excluding diaryl/α,β-unsaturated/α-hetero) is 1. The minimum atomic E-state index is -0.583. The molecule has 0 saturated carbocycles. The van der Waals surface area contributed by atoms with Gasteiger partial charge in [0.15, 0.2) is 17.3 Å². The van der Waals surface area contributed by atoms with Gasteiger partial charge in [-0.2, -0.15) is 4.28 Å². The summed E-state index contributed by atoms with van der Waals surface area (Å²) in [6.45, 7) is 5.69. The molecular weight excluding hydrogens is 444 g/mol. The Morgan fingerprint density at radius 2 is 1.94 bits per heavy atom. The molecule has 9 heteroatoms. The first-order valence-electron chi connectivity index (χ1n) is 10.5. The third-order valence-electron chi connectivity index (χ3n) is 5.59. The molecule has 0 aromatic heterocycles. The van der Waals surface area contributed by atoms with Crippen molar-refractivity contribution in [2.75, 3.05) is 26.1 Å². The molecule has 0 fully saturated rings. The van der Waals surface area contributed by atoms with Crippen LogP contribution in [0.3, 0.4) is 0 Å². The number of rotatable bonds is 10. The summed E-state index contributed by atoms with van der Waals surface area (Å²) in [5.74, 6) is 1.28. The maximum atomic E-state index is 12.3. The van der Waals surface area contributed by atoms with Gasteiger partial charge in [0.05, 0.1) is 26.2 Å². The van der Waals surface area contributed by atoms with Gasteiger partial charge in [0.2, 0.25) is 12.1 Å². The van der Waals surface area contributed by atoms with Gasteiger partial charge in [-0.25, -0.2) is 0 Å². The number of benzene rings is 2. The van der Waals surface area contributed by atoms with Crippen molar-refractivity contribution < 1.29 is 32.8 Å². The molecule has 0 bridgehead atoms. The largest absolute Gasteiger partial charge is 0.494 e. The summed E-state index contributed by atoms with van der Waals surface area (Å²) >= 11 is 3.94. The highest BCUT2D eigenvalue weighted by Crippen LogP contribution is 2.39. The van der Waals surface area contributed by atoms with E-state index in [0.29, 0.717) is 47.9 Å². The van der Waals surface area contributed by atoms with E-state index in [1.807, 2.05) is 32.0 Å². The van der Waals surface area contributed by atoms with Crippen molar-refractivity contribution in [2.24, 2.45) is 0 Å². The Morgan fingerprint density at radius 1 is 1.18 bits per heavy atom. The number of ketones is 1. The molecule has 1 aliphatic rings. The van der Waals surface area contributed by atoms with Crippen molar-refractivity contribution in [3.05, 3.63) is 41.5 Å². The highest BCUT2D eigenvalue weighted by atomic mass is 32.1. The second kappa shape index (κ2) is 10.2. The molecular formula is C24H29N2O6S+. The third kappa shape index (κ3) is 4.93. The topological polar surface area (TPSA) is 86.1 Å². The van der Waals surface area contributed by atoms with Gasteiger partial charge in [-0.15, -0.1) is 0 Å². The van der Waals surface area contributed by atoms with Gasteiger partial charge in [0, 0.05) is 22.9 Å². The lowest BCUT2D eigenvalue weighted by Gasteiger charge is -2.16. The number of carbonyl (C=O) groups excluding carboxylic acids is 2. The van der Waals surface area contributed by atoms with Gasteiger partial charge in [0.25, 0.3) is 5.69 Å². The fourth-order valence-electron chi connectivity index (χ4n) is 3.74. The Hall–Kier alpha value is -3.20. The Labute approximate surface area is 199 Å². The zero-order chi connectivity index (χ0) is 24.2. The minimum absolute atomic E-state index is 0.0174. The van der Waals surface area contributed by atoms with Crippen LogP contribution in [0.2, 0.25) is 0 Å². The van der Waals surface area contributed by atoms with E-state index in [4.69, 9.17) is 18.5 Å². The number of amides is 1. The molecule has 8 nitrogen and oxygen atoms in total.